The van der Waals surface area contributed by atoms with Gasteiger partial charge in [0.25, 0.3) is 0 Å². The van der Waals surface area contributed by atoms with E-state index in [1.165, 1.54) is 12.3 Å². The Morgan fingerprint density at radius 3 is 3.00 bits per heavy atom. The first-order valence-electron chi connectivity index (χ1n) is 6.16. The SMILES string of the molecule is CCCNC(Cc1ccco1)c1cncc(F)c1. The summed E-state index contributed by atoms with van der Waals surface area (Å²) < 4.78 is 18.6. The molecule has 1 atom stereocenters. The minimum Gasteiger partial charge on any atom is -0.469 e. The van der Waals surface area contributed by atoms with Crippen LogP contribution in [0.25, 0.3) is 0 Å². The molecule has 18 heavy (non-hydrogen) atoms. The smallest absolute Gasteiger partial charge is 0.141 e. The summed E-state index contributed by atoms with van der Waals surface area (Å²) >= 11 is 0. The Bertz CT molecular complexity index is 470. The molecule has 0 aliphatic carbocycles. The second-order valence-corrected chi connectivity index (χ2v) is 4.23. The summed E-state index contributed by atoms with van der Waals surface area (Å²) in [6.45, 7) is 2.97. The van der Waals surface area contributed by atoms with E-state index in [9.17, 15) is 4.39 Å². The van der Waals surface area contributed by atoms with Crippen LogP contribution in [0.5, 0.6) is 0 Å². The van der Waals surface area contributed by atoms with Gasteiger partial charge >= 0.3 is 0 Å². The molecule has 3 nitrogen and oxygen atoms in total. The summed E-state index contributed by atoms with van der Waals surface area (Å²) in [5.74, 6) is 0.572. The van der Waals surface area contributed by atoms with Gasteiger partial charge in [0.1, 0.15) is 11.6 Å². The molecule has 0 aliphatic heterocycles. The zero-order valence-electron chi connectivity index (χ0n) is 10.4. The van der Waals surface area contributed by atoms with Crippen molar-refractivity contribution in [1.82, 2.24) is 10.3 Å². The number of halogens is 1. The Hall–Kier alpha value is -1.68. The average molecular weight is 248 g/mol. The molecule has 2 aromatic rings. The molecule has 2 rings (SSSR count). The molecule has 1 N–H and O–H groups in total. The van der Waals surface area contributed by atoms with Crippen molar-refractivity contribution >= 4 is 0 Å². The Morgan fingerprint density at radius 2 is 2.33 bits per heavy atom. The Labute approximate surface area is 106 Å². The molecule has 0 aliphatic rings. The predicted octanol–water partition coefficient (Wildman–Crippen LogP) is 3.10. The van der Waals surface area contributed by atoms with Crippen LogP contribution in [-0.2, 0) is 6.42 Å². The number of pyridine rings is 1. The summed E-state index contributed by atoms with van der Waals surface area (Å²) in [5, 5.41) is 3.38. The number of nitrogens with zero attached hydrogens (tertiary/aromatic N) is 1. The standard InChI is InChI=1S/C14H17FN2O/c1-2-5-17-14(8-13-4-3-6-18-13)11-7-12(15)10-16-9-11/h3-4,6-7,9-10,14,17H,2,5,8H2,1H3. The lowest BCUT2D eigenvalue weighted by Crippen LogP contribution is -2.24. The summed E-state index contributed by atoms with van der Waals surface area (Å²) in [5.41, 5.74) is 0.847. The average Bonchev–Trinajstić information content (AvgIpc) is 2.87. The van der Waals surface area contributed by atoms with E-state index in [1.54, 1.807) is 12.5 Å². The van der Waals surface area contributed by atoms with Gasteiger partial charge in [0.15, 0.2) is 0 Å². The van der Waals surface area contributed by atoms with Crippen LogP contribution in [0.3, 0.4) is 0 Å². The van der Waals surface area contributed by atoms with Crippen LogP contribution in [0.15, 0.2) is 41.3 Å². The molecule has 2 aromatic heterocycles. The Kier molecular flexibility index (Phi) is 4.47. The number of furan rings is 1. The monoisotopic (exact) mass is 248 g/mol. The van der Waals surface area contributed by atoms with E-state index >= 15 is 0 Å². The van der Waals surface area contributed by atoms with Crippen molar-refractivity contribution in [2.75, 3.05) is 6.54 Å². The molecular formula is C14H17FN2O. The van der Waals surface area contributed by atoms with Crippen molar-refractivity contribution in [3.63, 3.8) is 0 Å². The van der Waals surface area contributed by atoms with E-state index in [0.29, 0.717) is 6.42 Å². The van der Waals surface area contributed by atoms with Crippen molar-refractivity contribution in [3.8, 4) is 0 Å². The molecule has 0 spiro atoms. The molecule has 0 radical (unpaired) electrons. The number of nitrogens with one attached hydrogen (secondary N) is 1. The van der Waals surface area contributed by atoms with Crippen LogP contribution in [-0.4, -0.2) is 11.5 Å². The predicted molar refractivity (Wildman–Crippen MR) is 67.6 cm³/mol. The van der Waals surface area contributed by atoms with E-state index in [4.69, 9.17) is 4.42 Å². The highest BCUT2D eigenvalue weighted by Gasteiger charge is 2.14. The molecule has 4 heteroatoms. The first-order chi connectivity index (χ1) is 8.79. The lowest BCUT2D eigenvalue weighted by atomic mass is 10.0. The molecule has 0 bridgehead atoms. The highest BCUT2D eigenvalue weighted by molar-refractivity contribution is 5.17. The summed E-state index contributed by atoms with van der Waals surface area (Å²) in [4.78, 5) is 3.90. The van der Waals surface area contributed by atoms with Crippen molar-refractivity contribution in [2.45, 2.75) is 25.8 Å². The van der Waals surface area contributed by atoms with Crippen LogP contribution < -0.4 is 5.32 Å². The number of hydrogen-bond donors (Lipinski definition) is 1. The molecule has 0 amide bonds. The molecule has 0 saturated carbocycles. The van der Waals surface area contributed by atoms with Crippen molar-refractivity contribution in [2.24, 2.45) is 0 Å². The van der Waals surface area contributed by atoms with Gasteiger partial charge in [-0.05, 0) is 36.7 Å². The van der Waals surface area contributed by atoms with Gasteiger partial charge in [0.2, 0.25) is 0 Å². The highest BCUT2D eigenvalue weighted by atomic mass is 19.1. The third kappa shape index (κ3) is 3.40. The molecule has 0 fully saturated rings. The van der Waals surface area contributed by atoms with Gasteiger partial charge in [0.05, 0.1) is 12.5 Å². The zero-order chi connectivity index (χ0) is 12.8. The summed E-state index contributed by atoms with van der Waals surface area (Å²) in [6, 6.07) is 5.33. The van der Waals surface area contributed by atoms with E-state index in [2.05, 4.69) is 17.2 Å². The van der Waals surface area contributed by atoms with Crippen molar-refractivity contribution < 1.29 is 8.81 Å². The van der Waals surface area contributed by atoms with Crippen molar-refractivity contribution in [3.05, 3.63) is 54.0 Å². The van der Waals surface area contributed by atoms with Crippen LogP contribution in [0.1, 0.15) is 30.7 Å². The van der Waals surface area contributed by atoms with Crippen molar-refractivity contribution in [1.29, 1.82) is 0 Å². The lowest BCUT2D eigenvalue weighted by Gasteiger charge is -2.17. The maximum Gasteiger partial charge on any atom is 0.141 e. The van der Waals surface area contributed by atoms with E-state index < -0.39 is 0 Å². The van der Waals surface area contributed by atoms with Crippen LogP contribution in [0.2, 0.25) is 0 Å². The van der Waals surface area contributed by atoms with Crippen LogP contribution >= 0.6 is 0 Å². The van der Waals surface area contributed by atoms with Gasteiger partial charge in [-0.2, -0.15) is 0 Å². The van der Waals surface area contributed by atoms with Gasteiger partial charge in [-0.1, -0.05) is 6.92 Å². The molecular weight excluding hydrogens is 231 g/mol. The lowest BCUT2D eigenvalue weighted by molar-refractivity contribution is 0.447. The van der Waals surface area contributed by atoms with E-state index in [-0.39, 0.29) is 11.9 Å². The van der Waals surface area contributed by atoms with Crippen LogP contribution in [0.4, 0.5) is 4.39 Å². The van der Waals surface area contributed by atoms with Gasteiger partial charge in [-0.3, -0.25) is 4.98 Å². The van der Waals surface area contributed by atoms with Crippen LogP contribution in [0, 0.1) is 5.82 Å². The molecule has 2 heterocycles. The second-order valence-electron chi connectivity index (χ2n) is 4.23. The first kappa shape index (κ1) is 12.8. The first-order valence-corrected chi connectivity index (χ1v) is 6.16. The number of rotatable bonds is 6. The zero-order valence-corrected chi connectivity index (χ0v) is 10.4. The van der Waals surface area contributed by atoms with Gasteiger partial charge in [0, 0.05) is 18.7 Å². The quantitative estimate of drug-likeness (QED) is 0.853. The largest absolute Gasteiger partial charge is 0.469 e. The highest BCUT2D eigenvalue weighted by Crippen LogP contribution is 2.18. The third-order valence-electron chi connectivity index (χ3n) is 2.75. The van der Waals surface area contributed by atoms with E-state index in [0.717, 1.165) is 24.3 Å². The fourth-order valence-electron chi connectivity index (χ4n) is 1.88. The molecule has 96 valence electrons. The number of aromatic nitrogens is 1. The minimum atomic E-state index is -0.310. The normalized spacial score (nSPS) is 12.6. The minimum absolute atomic E-state index is 0.0271. The maximum absolute atomic E-state index is 13.2. The molecule has 0 aromatic carbocycles. The molecule has 1 unspecified atom stereocenters. The Morgan fingerprint density at radius 1 is 1.44 bits per heavy atom. The summed E-state index contributed by atoms with van der Waals surface area (Å²) in [7, 11) is 0. The van der Waals surface area contributed by atoms with Gasteiger partial charge < -0.3 is 9.73 Å². The maximum atomic E-state index is 13.2. The topological polar surface area (TPSA) is 38.1 Å². The fourth-order valence-corrected chi connectivity index (χ4v) is 1.88. The second kappa shape index (κ2) is 6.31. The Balaban J connectivity index is 2.13. The van der Waals surface area contributed by atoms with E-state index in [1.807, 2.05) is 12.1 Å². The number of hydrogen-bond acceptors (Lipinski definition) is 3. The fraction of sp³-hybridized carbons (Fsp3) is 0.357. The third-order valence-corrected chi connectivity index (χ3v) is 2.75. The molecule has 0 saturated heterocycles. The summed E-state index contributed by atoms with van der Waals surface area (Å²) in [6.07, 6.45) is 6.28. The van der Waals surface area contributed by atoms with Gasteiger partial charge in [-0.25, -0.2) is 4.39 Å². The van der Waals surface area contributed by atoms with Gasteiger partial charge in [-0.15, -0.1) is 0 Å².